The van der Waals surface area contributed by atoms with Gasteiger partial charge in [-0.3, -0.25) is 4.79 Å². The second kappa shape index (κ2) is 5.75. The first-order valence-corrected chi connectivity index (χ1v) is 5.60. The van der Waals surface area contributed by atoms with Crippen LogP contribution in [0.4, 0.5) is 13.6 Å². The number of ether oxygens (including phenoxy) is 2. The van der Waals surface area contributed by atoms with E-state index in [4.69, 9.17) is 9.47 Å². The molecular weight excluding hydrogens is 260 g/mol. The molecule has 2 rings (SSSR count). The Hall–Kier alpha value is -2.02. The largest absolute Gasteiger partial charge is 0.415 e. The van der Waals surface area contributed by atoms with Crippen molar-refractivity contribution in [3.63, 3.8) is 0 Å². The Balaban J connectivity index is 2.10. The molecule has 7 heteroatoms. The maximum absolute atomic E-state index is 13.3. The van der Waals surface area contributed by atoms with E-state index in [9.17, 15) is 18.4 Å². The third-order valence-electron chi connectivity index (χ3n) is 2.64. The van der Waals surface area contributed by atoms with Crippen LogP contribution < -0.4 is 4.74 Å². The third kappa shape index (κ3) is 3.05. The van der Waals surface area contributed by atoms with Crippen LogP contribution in [0.2, 0.25) is 0 Å². The fourth-order valence-electron chi connectivity index (χ4n) is 1.64. The minimum Gasteiger partial charge on any atom is -0.410 e. The fraction of sp³-hybridized carbons (Fsp3) is 0.333. The summed E-state index contributed by atoms with van der Waals surface area (Å²) in [5.41, 5.74) is -0.689. The summed E-state index contributed by atoms with van der Waals surface area (Å²) >= 11 is 0. The average molecular weight is 271 g/mol. The Morgan fingerprint density at radius 1 is 1.26 bits per heavy atom. The van der Waals surface area contributed by atoms with Gasteiger partial charge in [-0.2, -0.15) is 0 Å². The lowest BCUT2D eigenvalue weighted by molar-refractivity contribution is 0.0415. The first-order chi connectivity index (χ1) is 9.11. The summed E-state index contributed by atoms with van der Waals surface area (Å²) in [7, 11) is 0. The lowest BCUT2D eigenvalue weighted by Gasteiger charge is -2.25. The summed E-state index contributed by atoms with van der Waals surface area (Å²) in [6.07, 6.45) is -0.640. The van der Waals surface area contributed by atoms with Gasteiger partial charge in [0.05, 0.1) is 18.8 Å². The van der Waals surface area contributed by atoms with Crippen LogP contribution in [0.25, 0.3) is 0 Å². The molecule has 5 nitrogen and oxygen atoms in total. The number of hydrogen-bond donors (Lipinski definition) is 0. The summed E-state index contributed by atoms with van der Waals surface area (Å²) in [6, 6.07) is 1.59. The van der Waals surface area contributed by atoms with Crippen molar-refractivity contribution in [3.05, 3.63) is 29.3 Å². The molecule has 0 saturated carbocycles. The molecule has 1 aliphatic heterocycles. The van der Waals surface area contributed by atoms with Crippen molar-refractivity contribution in [2.45, 2.75) is 0 Å². The standard InChI is InChI=1S/C12H11F2NO4/c13-10-5-8(6-11(14)9(10)7-16)19-12(17)15-1-3-18-4-2-15/h5-7H,1-4H2. The van der Waals surface area contributed by atoms with Gasteiger partial charge in [0.15, 0.2) is 6.29 Å². The zero-order valence-corrected chi connectivity index (χ0v) is 9.90. The van der Waals surface area contributed by atoms with Crippen LogP contribution in [-0.2, 0) is 4.74 Å². The van der Waals surface area contributed by atoms with Crippen molar-refractivity contribution in [1.82, 2.24) is 4.90 Å². The van der Waals surface area contributed by atoms with Gasteiger partial charge in [0.1, 0.15) is 17.4 Å². The van der Waals surface area contributed by atoms with E-state index in [1.54, 1.807) is 0 Å². The molecule has 102 valence electrons. The number of hydrogen-bond acceptors (Lipinski definition) is 4. The average Bonchev–Trinajstić information content (AvgIpc) is 2.39. The normalized spacial score (nSPS) is 15.2. The van der Waals surface area contributed by atoms with Gasteiger partial charge < -0.3 is 14.4 Å². The van der Waals surface area contributed by atoms with Crippen molar-refractivity contribution >= 4 is 12.4 Å². The molecule has 0 aliphatic carbocycles. The minimum absolute atomic E-state index is 0.0677. The van der Waals surface area contributed by atoms with Gasteiger partial charge in [-0.25, -0.2) is 13.6 Å². The second-order valence-corrected chi connectivity index (χ2v) is 3.89. The van der Waals surface area contributed by atoms with Crippen LogP contribution in [0, 0.1) is 11.6 Å². The van der Waals surface area contributed by atoms with E-state index >= 15 is 0 Å². The molecule has 0 N–H and O–H groups in total. The van der Waals surface area contributed by atoms with Gasteiger partial charge in [0.2, 0.25) is 0 Å². The van der Waals surface area contributed by atoms with Crippen molar-refractivity contribution in [2.24, 2.45) is 0 Å². The Labute approximate surface area is 107 Å². The molecule has 0 atom stereocenters. The highest BCUT2D eigenvalue weighted by atomic mass is 19.1. The second-order valence-electron chi connectivity index (χ2n) is 3.89. The number of rotatable bonds is 2. The summed E-state index contributed by atoms with van der Waals surface area (Å²) < 4.78 is 36.5. The molecule has 1 heterocycles. The van der Waals surface area contributed by atoms with Gasteiger partial charge in [-0.05, 0) is 0 Å². The molecule has 1 amide bonds. The van der Waals surface area contributed by atoms with Gasteiger partial charge in [0.25, 0.3) is 0 Å². The smallest absolute Gasteiger partial charge is 0.410 e. The van der Waals surface area contributed by atoms with E-state index < -0.39 is 23.3 Å². The van der Waals surface area contributed by atoms with Crippen LogP contribution in [0.3, 0.4) is 0 Å². The predicted molar refractivity (Wildman–Crippen MR) is 60.2 cm³/mol. The van der Waals surface area contributed by atoms with Crippen molar-refractivity contribution in [1.29, 1.82) is 0 Å². The Kier molecular flexibility index (Phi) is 4.06. The van der Waals surface area contributed by atoms with Crippen molar-refractivity contribution in [3.8, 4) is 5.75 Å². The molecule has 19 heavy (non-hydrogen) atoms. The highest BCUT2D eigenvalue weighted by molar-refractivity contribution is 5.76. The number of amides is 1. The predicted octanol–water partition coefficient (Wildman–Crippen LogP) is 1.61. The summed E-state index contributed by atoms with van der Waals surface area (Å²) in [5.74, 6) is -2.42. The van der Waals surface area contributed by atoms with Gasteiger partial charge in [-0.15, -0.1) is 0 Å². The summed E-state index contributed by atoms with van der Waals surface area (Å²) in [5, 5.41) is 0. The van der Waals surface area contributed by atoms with E-state index in [2.05, 4.69) is 0 Å². The van der Waals surface area contributed by atoms with Crippen LogP contribution in [-0.4, -0.2) is 43.6 Å². The van der Waals surface area contributed by atoms with Crippen LogP contribution >= 0.6 is 0 Å². The molecule has 1 fully saturated rings. The van der Waals surface area contributed by atoms with Crippen LogP contribution in [0.5, 0.6) is 5.75 Å². The molecule has 1 aliphatic rings. The number of aldehydes is 1. The number of carbonyl (C=O) groups is 2. The zero-order chi connectivity index (χ0) is 13.8. The molecule has 0 radical (unpaired) electrons. The van der Waals surface area contributed by atoms with E-state index in [0.29, 0.717) is 26.3 Å². The Bertz CT molecular complexity index is 477. The first kappa shape index (κ1) is 13.4. The van der Waals surface area contributed by atoms with E-state index in [-0.39, 0.29) is 12.0 Å². The molecule has 0 unspecified atom stereocenters. The van der Waals surface area contributed by atoms with E-state index in [0.717, 1.165) is 12.1 Å². The summed E-state index contributed by atoms with van der Waals surface area (Å²) in [4.78, 5) is 23.5. The van der Waals surface area contributed by atoms with Crippen molar-refractivity contribution in [2.75, 3.05) is 26.3 Å². The zero-order valence-electron chi connectivity index (χ0n) is 9.90. The third-order valence-corrected chi connectivity index (χ3v) is 2.64. The number of morpholine rings is 1. The fourth-order valence-corrected chi connectivity index (χ4v) is 1.64. The molecule has 1 aromatic rings. The van der Waals surface area contributed by atoms with E-state index in [1.807, 2.05) is 0 Å². The molecule has 0 spiro atoms. The molecular formula is C12H11F2NO4. The number of nitrogens with zero attached hydrogens (tertiary/aromatic N) is 1. The minimum atomic E-state index is -1.07. The van der Waals surface area contributed by atoms with Gasteiger partial charge in [0, 0.05) is 25.2 Å². The molecule has 0 aromatic heterocycles. The van der Waals surface area contributed by atoms with E-state index in [1.165, 1.54) is 4.90 Å². The van der Waals surface area contributed by atoms with Gasteiger partial charge >= 0.3 is 6.09 Å². The quantitative estimate of drug-likeness (QED) is 0.767. The SMILES string of the molecule is O=Cc1c(F)cc(OC(=O)N2CCOCC2)cc1F. The summed E-state index contributed by atoms with van der Waals surface area (Å²) in [6.45, 7) is 1.50. The van der Waals surface area contributed by atoms with Gasteiger partial charge in [-0.1, -0.05) is 0 Å². The lowest BCUT2D eigenvalue weighted by atomic mass is 10.2. The number of carbonyl (C=O) groups excluding carboxylic acids is 2. The highest BCUT2D eigenvalue weighted by Gasteiger charge is 2.20. The molecule has 1 aromatic carbocycles. The Morgan fingerprint density at radius 2 is 1.84 bits per heavy atom. The topological polar surface area (TPSA) is 55.8 Å². The highest BCUT2D eigenvalue weighted by Crippen LogP contribution is 2.20. The monoisotopic (exact) mass is 271 g/mol. The first-order valence-electron chi connectivity index (χ1n) is 5.60. The molecule has 1 saturated heterocycles. The molecule has 0 bridgehead atoms. The maximum Gasteiger partial charge on any atom is 0.415 e. The lowest BCUT2D eigenvalue weighted by Crippen LogP contribution is -2.42. The number of halogens is 2. The van der Waals surface area contributed by atoms with Crippen LogP contribution in [0.15, 0.2) is 12.1 Å². The Morgan fingerprint density at radius 3 is 2.37 bits per heavy atom. The number of benzene rings is 1. The van der Waals surface area contributed by atoms with Crippen LogP contribution in [0.1, 0.15) is 10.4 Å². The maximum atomic E-state index is 13.3. The van der Waals surface area contributed by atoms with Crippen molar-refractivity contribution < 1.29 is 27.8 Å².